The van der Waals surface area contributed by atoms with Gasteiger partial charge in [-0.2, -0.15) is 0 Å². The Morgan fingerprint density at radius 2 is 2.10 bits per heavy atom. The maximum absolute atomic E-state index is 12.6. The number of nitrogens with zero attached hydrogens (tertiary/aromatic N) is 1. The van der Waals surface area contributed by atoms with E-state index in [9.17, 15) is 4.79 Å². The van der Waals surface area contributed by atoms with Crippen LogP contribution in [0.25, 0.3) is 0 Å². The summed E-state index contributed by atoms with van der Waals surface area (Å²) in [4.78, 5) is 14.6. The Morgan fingerprint density at radius 3 is 2.76 bits per heavy atom. The van der Waals surface area contributed by atoms with Gasteiger partial charge in [0, 0.05) is 23.5 Å². The van der Waals surface area contributed by atoms with Crippen LogP contribution in [-0.2, 0) is 0 Å². The number of rotatable bonds is 6. The second-order valence-electron chi connectivity index (χ2n) is 5.53. The zero-order chi connectivity index (χ0) is 15.1. The van der Waals surface area contributed by atoms with Crippen LogP contribution in [0.15, 0.2) is 24.3 Å². The number of likely N-dealkylation sites (tertiary alicyclic amines) is 1. The molecule has 0 radical (unpaired) electrons. The summed E-state index contributed by atoms with van der Waals surface area (Å²) >= 11 is 3.53. The summed E-state index contributed by atoms with van der Waals surface area (Å²) in [5, 5.41) is 0.858. The SMILES string of the molecule is CCCCOc1ccc(C(=O)N2CCCCC2CBr)cc1. The van der Waals surface area contributed by atoms with Gasteiger partial charge in [0.15, 0.2) is 0 Å². The first-order chi connectivity index (χ1) is 10.3. The lowest BCUT2D eigenvalue weighted by atomic mass is 10.0. The highest BCUT2D eigenvalue weighted by molar-refractivity contribution is 9.09. The van der Waals surface area contributed by atoms with Gasteiger partial charge in [0.2, 0.25) is 0 Å². The monoisotopic (exact) mass is 353 g/mol. The molecule has 2 rings (SSSR count). The Hall–Kier alpha value is -1.03. The Balaban J connectivity index is 1.98. The predicted molar refractivity (Wildman–Crippen MR) is 89.3 cm³/mol. The Morgan fingerprint density at radius 1 is 1.33 bits per heavy atom. The van der Waals surface area contributed by atoms with E-state index < -0.39 is 0 Å². The Kier molecular flexibility index (Phi) is 6.55. The summed E-state index contributed by atoms with van der Waals surface area (Å²) in [7, 11) is 0. The molecular weight excluding hydrogens is 330 g/mol. The van der Waals surface area contributed by atoms with Gasteiger partial charge in [-0.1, -0.05) is 29.3 Å². The third kappa shape index (κ3) is 4.47. The van der Waals surface area contributed by atoms with Crippen molar-refractivity contribution in [2.45, 2.75) is 45.1 Å². The van der Waals surface area contributed by atoms with E-state index >= 15 is 0 Å². The fraction of sp³-hybridized carbons (Fsp3) is 0.588. The van der Waals surface area contributed by atoms with Crippen molar-refractivity contribution >= 4 is 21.8 Å². The normalized spacial score (nSPS) is 18.6. The van der Waals surface area contributed by atoms with Crippen molar-refractivity contribution in [1.82, 2.24) is 4.90 Å². The van der Waals surface area contributed by atoms with E-state index in [0.717, 1.165) is 55.5 Å². The smallest absolute Gasteiger partial charge is 0.254 e. The summed E-state index contributed by atoms with van der Waals surface area (Å²) in [5.41, 5.74) is 0.755. The number of unbranched alkanes of at least 4 members (excludes halogenated alkanes) is 1. The molecule has 0 saturated carbocycles. The van der Waals surface area contributed by atoms with Gasteiger partial charge >= 0.3 is 0 Å². The van der Waals surface area contributed by atoms with E-state index in [0.29, 0.717) is 6.04 Å². The van der Waals surface area contributed by atoms with Crippen molar-refractivity contribution in [2.24, 2.45) is 0 Å². The molecule has 0 spiro atoms. The minimum atomic E-state index is 0.138. The minimum Gasteiger partial charge on any atom is -0.494 e. The van der Waals surface area contributed by atoms with Gasteiger partial charge in [-0.25, -0.2) is 0 Å². The molecule has 0 N–H and O–H groups in total. The molecule has 21 heavy (non-hydrogen) atoms. The van der Waals surface area contributed by atoms with Gasteiger partial charge in [0.25, 0.3) is 5.91 Å². The second-order valence-corrected chi connectivity index (χ2v) is 6.18. The zero-order valence-corrected chi connectivity index (χ0v) is 14.3. The predicted octanol–water partition coefficient (Wildman–Crippen LogP) is 4.26. The number of hydrogen-bond acceptors (Lipinski definition) is 2. The van der Waals surface area contributed by atoms with Crippen LogP contribution < -0.4 is 4.74 Å². The summed E-state index contributed by atoms with van der Waals surface area (Å²) in [6, 6.07) is 7.88. The topological polar surface area (TPSA) is 29.5 Å². The minimum absolute atomic E-state index is 0.138. The van der Waals surface area contributed by atoms with Gasteiger partial charge in [-0.05, 0) is 49.9 Å². The molecule has 0 aliphatic carbocycles. The number of hydrogen-bond donors (Lipinski definition) is 0. The molecule has 1 saturated heterocycles. The molecule has 1 atom stereocenters. The number of ether oxygens (including phenoxy) is 1. The highest BCUT2D eigenvalue weighted by Gasteiger charge is 2.26. The highest BCUT2D eigenvalue weighted by atomic mass is 79.9. The third-order valence-corrected chi connectivity index (χ3v) is 4.68. The van der Waals surface area contributed by atoms with Crippen molar-refractivity contribution in [2.75, 3.05) is 18.5 Å². The average Bonchev–Trinajstić information content (AvgIpc) is 2.55. The number of halogens is 1. The maximum Gasteiger partial charge on any atom is 0.254 e. The van der Waals surface area contributed by atoms with E-state index in [4.69, 9.17) is 4.74 Å². The van der Waals surface area contributed by atoms with Crippen LogP contribution in [0.2, 0.25) is 0 Å². The lowest BCUT2D eigenvalue weighted by Crippen LogP contribution is -2.44. The van der Waals surface area contributed by atoms with Gasteiger partial charge in [-0.3, -0.25) is 4.79 Å². The van der Waals surface area contributed by atoms with Crippen LogP contribution in [0.1, 0.15) is 49.4 Å². The highest BCUT2D eigenvalue weighted by Crippen LogP contribution is 2.22. The Labute approximate surface area is 135 Å². The molecule has 1 amide bonds. The van der Waals surface area contributed by atoms with Crippen molar-refractivity contribution in [3.8, 4) is 5.75 Å². The molecule has 1 fully saturated rings. The molecule has 4 heteroatoms. The summed E-state index contributed by atoms with van der Waals surface area (Å²) in [6.45, 7) is 3.75. The van der Waals surface area contributed by atoms with Crippen LogP contribution in [0.3, 0.4) is 0 Å². The number of alkyl halides is 1. The van der Waals surface area contributed by atoms with E-state index in [2.05, 4.69) is 22.9 Å². The molecule has 1 aliphatic rings. The number of carbonyl (C=O) groups excluding carboxylic acids is 1. The molecule has 1 aromatic carbocycles. The Bertz CT molecular complexity index is 447. The van der Waals surface area contributed by atoms with Crippen LogP contribution in [-0.4, -0.2) is 35.3 Å². The molecule has 116 valence electrons. The maximum atomic E-state index is 12.6. The molecule has 1 unspecified atom stereocenters. The van der Waals surface area contributed by atoms with E-state index in [1.54, 1.807) is 0 Å². The first kappa shape index (κ1) is 16.3. The molecule has 3 nitrogen and oxygen atoms in total. The molecule has 0 bridgehead atoms. The van der Waals surface area contributed by atoms with Crippen molar-refractivity contribution in [1.29, 1.82) is 0 Å². The first-order valence-electron chi connectivity index (χ1n) is 7.86. The molecule has 1 aliphatic heterocycles. The summed E-state index contributed by atoms with van der Waals surface area (Å²) in [6.07, 6.45) is 5.59. The number of carbonyl (C=O) groups is 1. The largest absolute Gasteiger partial charge is 0.494 e. The first-order valence-corrected chi connectivity index (χ1v) is 8.98. The van der Waals surface area contributed by atoms with Gasteiger partial charge in [-0.15, -0.1) is 0 Å². The van der Waals surface area contributed by atoms with Crippen LogP contribution in [0.4, 0.5) is 0 Å². The van der Waals surface area contributed by atoms with Crippen molar-refractivity contribution in [3.05, 3.63) is 29.8 Å². The summed E-state index contributed by atoms with van der Waals surface area (Å²) < 4.78 is 5.64. The van der Waals surface area contributed by atoms with Gasteiger partial charge in [0.1, 0.15) is 5.75 Å². The second kappa shape index (κ2) is 8.42. The molecule has 0 aromatic heterocycles. The van der Waals surface area contributed by atoms with E-state index in [-0.39, 0.29) is 5.91 Å². The number of amides is 1. The fourth-order valence-corrected chi connectivity index (χ4v) is 3.30. The number of piperidine rings is 1. The van der Waals surface area contributed by atoms with Gasteiger partial charge < -0.3 is 9.64 Å². The molecule has 1 heterocycles. The van der Waals surface area contributed by atoms with Gasteiger partial charge in [0.05, 0.1) is 6.61 Å². The fourth-order valence-electron chi connectivity index (χ4n) is 2.62. The number of benzene rings is 1. The van der Waals surface area contributed by atoms with Crippen LogP contribution in [0, 0.1) is 0 Å². The molecule has 1 aromatic rings. The average molecular weight is 354 g/mol. The summed E-state index contributed by atoms with van der Waals surface area (Å²) in [5.74, 6) is 0.981. The third-order valence-electron chi connectivity index (χ3n) is 3.93. The van der Waals surface area contributed by atoms with Crippen molar-refractivity contribution < 1.29 is 9.53 Å². The van der Waals surface area contributed by atoms with E-state index in [1.807, 2.05) is 29.2 Å². The standard InChI is InChI=1S/C17H24BrNO2/c1-2-3-12-21-16-9-7-14(8-10-16)17(20)19-11-5-4-6-15(19)13-18/h7-10,15H,2-6,11-13H2,1H3. The molecular formula is C17H24BrNO2. The van der Waals surface area contributed by atoms with Crippen LogP contribution in [0.5, 0.6) is 5.75 Å². The quantitative estimate of drug-likeness (QED) is 0.564. The zero-order valence-electron chi connectivity index (χ0n) is 12.7. The lowest BCUT2D eigenvalue weighted by Gasteiger charge is -2.34. The van der Waals surface area contributed by atoms with Crippen LogP contribution >= 0.6 is 15.9 Å². The van der Waals surface area contributed by atoms with Crippen molar-refractivity contribution in [3.63, 3.8) is 0 Å². The van der Waals surface area contributed by atoms with E-state index in [1.165, 1.54) is 6.42 Å². The lowest BCUT2D eigenvalue weighted by molar-refractivity contribution is 0.0642.